The topological polar surface area (TPSA) is 61.8 Å². The van der Waals surface area contributed by atoms with Crippen molar-refractivity contribution in [3.05, 3.63) is 0 Å². The molecule has 0 aromatic carbocycles. The van der Waals surface area contributed by atoms with E-state index in [1.165, 1.54) is 0 Å². The van der Waals surface area contributed by atoms with Crippen LogP contribution in [0.4, 0.5) is 0 Å². The van der Waals surface area contributed by atoms with Gasteiger partial charge in [0.2, 0.25) is 0 Å². The number of carboxylic acids is 1. The second-order valence-corrected chi connectivity index (χ2v) is 4.92. The van der Waals surface area contributed by atoms with Crippen molar-refractivity contribution in [3.8, 4) is 0 Å². The normalized spacial score (nSPS) is 23.5. The third-order valence-corrected chi connectivity index (χ3v) is 3.48. The van der Waals surface area contributed by atoms with Crippen molar-refractivity contribution in [1.29, 1.82) is 0 Å². The molecule has 1 heterocycles. The highest BCUT2D eigenvalue weighted by Gasteiger charge is 2.35. The minimum Gasteiger partial charge on any atom is -0.480 e. The molecule has 2 fully saturated rings. The van der Waals surface area contributed by atoms with E-state index < -0.39 is 5.97 Å². The van der Waals surface area contributed by atoms with Crippen LogP contribution in [-0.4, -0.2) is 61.4 Å². The lowest BCUT2D eigenvalue weighted by molar-refractivity contribution is -0.140. The Balaban J connectivity index is 1.56. The number of carboxylic acid groups (broad SMARTS) is 1. The molecule has 1 aliphatic heterocycles. The van der Waals surface area contributed by atoms with E-state index in [0.717, 1.165) is 58.7 Å². The highest BCUT2D eigenvalue weighted by Crippen LogP contribution is 2.32. The molecule has 98 valence electrons. The summed E-state index contributed by atoms with van der Waals surface area (Å²) < 4.78 is 5.28. The lowest BCUT2D eigenvalue weighted by atomic mass is 10.2. The fourth-order valence-corrected chi connectivity index (χ4v) is 2.27. The van der Waals surface area contributed by atoms with Crippen LogP contribution in [0.3, 0.4) is 0 Å². The van der Waals surface area contributed by atoms with Gasteiger partial charge in [0.1, 0.15) is 6.04 Å². The second kappa shape index (κ2) is 6.33. The van der Waals surface area contributed by atoms with Gasteiger partial charge in [-0.05, 0) is 38.3 Å². The smallest absolute Gasteiger partial charge is 0.320 e. The molecule has 1 atom stereocenters. The van der Waals surface area contributed by atoms with Crippen molar-refractivity contribution in [1.82, 2.24) is 10.2 Å². The summed E-state index contributed by atoms with van der Waals surface area (Å²) in [5, 5.41) is 12.2. The van der Waals surface area contributed by atoms with Gasteiger partial charge in [-0.15, -0.1) is 0 Å². The third-order valence-electron chi connectivity index (χ3n) is 3.48. The summed E-state index contributed by atoms with van der Waals surface area (Å²) in [6, 6.07) is -0.320. The highest BCUT2D eigenvalue weighted by atomic mass is 16.5. The molecule has 0 bridgehead atoms. The van der Waals surface area contributed by atoms with E-state index in [-0.39, 0.29) is 6.04 Å². The zero-order valence-electron chi connectivity index (χ0n) is 10.2. The van der Waals surface area contributed by atoms with Crippen LogP contribution in [0.15, 0.2) is 0 Å². The zero-order chi connectivity index (χ0) is 12.1. The first-order valence-corrected chi connectivity index (χ1v) is 6.53. The van der Waals surface area contributed by atoms with Crippen molar-refractivity contribution < 1.29 is 14.6 Å². The summed E-state index contributed by atoms with van der Waals surface area (Å²) in [5.41, 5.74) is 0. The van der Waals surface area contributed by atoms with Crippen LogP contribution in [0.5, 0.6) is 0 Å². The van der Waals surface area contributed by atoms with E-state index in [0.29, 0.717) is 5.92 Å². The van der Waals surface area contributed by atoms with Crippen molar-refractivity contribution >= 4 is 5.97 Å². The molecule has 0 amide bonds. The molecule has 1 saturated carbocycles. The van der Waals surface area contributed by atoms with Gasteiger partial charge < -0.3 is 15.2 Å². The minimum absolute atomic E-state index is 0.320. The number of ether oxygens (including phenoxy) is 1. The molecule has 1 unspecified atom stereocenters. The van der Waals surface area contributed by atoms with Crippen molar-refractivity contribution in [2.45, 2.75) is 25.3 Å². The van der Waals surface area contributed by atoms with Gasteiger partial charge in [-0.2, -0.15) is 0 Å². The summed E-state index contributed by atoms with van der Waals surface area (Å²) >= 11 is 0. The lowest BCUT2D eigenvalue weighted by Crippen LogP contribution is -2.41. The number of nitrogens with one attached hydrogen (secondary N) is 1. The van der Waals surface area contributed by atoms with Crippen molar-refractivity contribution in [2.75, 3.05) is 39.4 Å². The predicted octanol–water partition coefficient (Wildman–Crippen LogP) is 0.161. The van der Waals surface area contributed by atoms with Crippen LogP contribution in [0.25, 0.3) is 0 Å². The van der Waals surface area contributed by atoms with Crippen LogP contribution in [-0.2, 0) is 9.53 Å². The number of carbonyl (C=O) groups is 1. The predicted molar refractivity (Wildman–Crippen MR) is 64.0 cm³/mol. The molecule has 0 radical (unpaired) electrons. The molecule has 2 N–H and O–H groups in total. The first-order chi connectivity index (χ1) is 8.27. The first-order valence-electron chi connectivity index (χ1n) is 6.53. The van der Waals surface area contributed by atoms with Crippen molar-refractivity contribution in [2.24, 2.45) is 5.92 Å². The number of aliphatic carboxylic acids is 1. The molecule has 1 saturated heterocycles. The fourth-order valence-electron chi connectivity index (χ4n) is 2.27. The number of hydrogen-bond donors (Lipinski definition) is 2. The Hall–Kier alpha value is -0.650. The molecule has 1 aliphatic carbocycles. The third kappa shape index (κ3) is 4.26. The Kier molecular flexibility index (Phi) is 4.76. The van der Waals surface area contributed by atoms with Crippen LogP contribution in [0.2, 0.25) is 0 Å². The maximum Gasteiger partial charge on any atom is 0.320 e. The molecule has 17 heavy (non-hydrogen) atoms. The van der Waals surface area contributed by atoms with Gasteiger partial charge >= 0.3 is 5.97 Å². The maximum atomic E-state index is 11.0. The van der Waals surface area contributed by atoms with E-state index in [9.17, 15) is 4.79 Å². The summed E-state index contributed by atoms with van der Waals surface area (Å²) in [5.74, 6) is -0.324. The van der Waals surface area contributed by atoms with Gasteiger partial charge in [-0.3, -0.25) is 9.69 Å². The molecule has 5 nitrogen and oxygen atoms in total. The molecule has 2 rings (SSSR count). The number of hydrogen-bond acceptors (Lipinski definition) is 4. The Bertz CT molecular complexity index is 250. The highest BCUT2D eigenvalue weighted by molar-refractivity contribution is 5.74. The molecule has 2 aliphatic rings. The Labute approximate surface area is 102 Å². The zero-order valence-corrected chi connectivity index (χ0v) is 10.2. The van der Waals surface area contributed by atoms with Gasteiger partial charge in [0.15, 0.2) is 0 Å². The standard InChI is InChI=1S/C12H22N2O3/c15-12(16)11(10-2-3-10)13-4-1-5-14-6-8-17-9-7-14/h10-11,13H,1-9H2,(H,15,16). The van der Waals surface area contributed by atoms with Crippen LogP contribution in [0, 0.1) is 5.92 Å². The molecule has 5 heteroatoms. The van der Waals surface area contributed by atoms with E-state index in [2.05, 4.69) is 10.2 Å². The maximum absolute atomic E-state index is 11.0. The van der Waals surface area contributed by atoms with Gasteiger partial charge in [-0.25, -0.2) is 0 Å². The van der Waals surface area contributed by atoms with Crippen LogP contribution >= 0.6 is 0 Å². The van der Waals surface area contributed by atoms with Gasteiger partial charge in [0.25, 0.3) is 0 Å². The van der Waals surface area contributed by atoms with Crippen LogP contribution < -0.4 is 5.32 Å². The summed E-state index contributed by atoms with van der Waals surface area (Å²) in [6.45, 7) is 5.49. The number of rotatable bonds is 7. The van der Waals surface area contributed by atoms with Gasteiger partial charge in [0, 0.05) is 13.1 Å². The molecular formula is C12H22N2O3. The average Bonchev–Trinajstić information content (AvgIpc) is 3.14. The number of morpholine rings is 1. The first kappa shape index (κ1) is 12.8. The average molecular weight is 242 g/mol. The second-order valence-electron chi connectivity index (χ2n) is 4.92. The molecule has 0 spiro atoms. The van der Waals surface area contributed by atoms with E-state index >= 15 is 0 Å². The molecule has 0 aromatic heterocycles. The fraction of sp³-hybridized carbons (Fsp3) is 0.917. The van der Waals surface area contributed by atoms with Gasteiger partial charge in [0.05, 0.1) is 13.2 Å². The quantitative estimate of drug-likeness (QED) is 0.623. The van der Waals surface area contributed by atoms with Gasteiger partial charge in [-0.1, -0.05) is 0 Å². The summed E-state index contributed by atoms with van der Waals surface area (Å²) in [7, 11) is 0. The molecule has 0 aromatic rings. The Morgan fingerprint density at radius 3 is 2.71 bits per heavy atom. The Morgan fingerprint density at radius 2 is 2.12 bits per heavy atom. The largest absolute Gasteiger partial charge is 0.480 e. The summed E-state index contributed by atoms with van der Waals surface area (Å²) in [6.07, 6.45) is 3.14. The minimum atomic E-state index is -0.695. The lowest BCUT2D eigenvalue weighted by Gasteiger charge is -2.26. The van der Waals surface area contributed by atoms with Crippen molar-refractivity contribution in [3.63, 3.8) is 0 Å². The Morgan fingerprint density at radius 1 is 1.41 bits per heavy atom. The summed E-state index contributed by atoms with van der Waals surface area (Å²) in [4.78, 5) is 13.4. The van der Waals surface area contributed by atoms with E-state index in [1.807, 2.05) is 0 Å². The SMILES string of the molecule is O=C(O)C(NCCCN1CCOCC1)C1CC1. The van der Waals surface area contributed by atoms with E-state index in [4.69, 9.17) is 9.84 Å². The monoisotopic (exact) mass is 242 g/mol. The van der Waals surface area contributed by atoms with Crippen LogP contribution in [0.1, 0.15) is 19.3 Å². The number of nitrogens with zero attached hydrogens (tertiary/aromatic N) is 1. The molecular weight excluding hydrogens is 220 g/mol. The van der Waals surface area contributed by atoms with E-state index in [1.54, 1.807) is 0 Å².